The van der Waals surface area contributed by atoms with Crippen molar-refractivity contribution >= 4 is 11.3 Å². The zero-order valence-corrected chi connectivity index (χ0v) is 11.1. The van der Waals surface area contributed by atoms with Gasteiger partial charge in [-0.15, -0.1) is 11.3 Å². The Morgan fingerprint density at radius 1 is 1.37 bits per heavy atom. The number of pyridine rings is 1. The average Bonchev–Trinajstić information content (AvgIpc) is 2.76. The molecule has 0 aliphatic carbocycles. The third-order valence-electron chi connectivity index (χ3n) is 2.69. The Bertz CT molecular complexity index is 565. The molecule has 0 fully saturated rings. The molecule has 0 radical (unpaired) electrons. The van der Waals surface area contributed by atoms with Gasteiger partial charge < -0.3 is 5.32 Å². The fourth-order valence-electron chi connectivity index (χ4n) is 1.87. The van der Waals surface area contributed by atoms with E-state index in [1.54, 1.807) is 12.4 Å². The predicted molar refractivity (Wildman–Crippen MR) is 67.0 cm³/mol. The van der Waals surface area contributed by atoms with Crippen LogP contribution in [0.15, 0.2) is 23.8 Å². The van der Waals surface area contributed by atoms with Gasteiger partial charge in [0.25, 0.3) is 0 Å². The second kappa shape index (κ2) is 5.26. The van der Waals surface area contributed by atoms with Gasteiger partial charge in [0, 0.05) is 23.3 Å². The second-order valence-electron chi connectivity index (χ2n) is 3.97. The summed E-state index contributed by atoms with van der Waals surface area (Å²) >= 11 is 1.40. The molecule has 2 aromatic heterocycles. The summed E-state index contributed by atoms with van der Waals surface area (Å²) in [5.74, 6) is 0. The standard InChI is InChI=1S/C12H12F3N3S/c1-7-18-10(6-19-7)11(16-2)8-5-17-4-3-9(8)12(13,14)15/h3-6,11,16H,1-2H3. The van der Waals surface area contributed by atoms with Crippen molar-refractivity contribution in [1.82, 2.24) is 15.3 Å². The lowest BCUT2D eigenvalue weighted by Crippen LogP contribution is -2.22. The molecular weight excluding hydrogens is 275 g/mol. The zero-order valence-electron chi connectivity index (χ0n) is 10.3. The Morgan fingerprint density at radius 3 is 2.63 bits per heavy atom. The maximum absolute atomic E-state index is 13.0. The van der Waals surface area contributed by atoms with Crippen molar-refractivity contribution in [3.05, 3.63) is 45.7 Å². The zero-order chi connectivity index (χ0) is 14.0. The highest BCUT2D eigenvalue weighted by atomic mass is 32.1. The van der Waals surface area contributed by atoms with Crippen LogP contribution in [0.2, 0.25) is 0 Å². The van der Waals surface area contributed by atoms with Gasteiger partial charge in [-0.05, 0) is 20.0 Å². The maximum atomic E-state index is 13.0. The van der Waals surface area contributed by atoms with E-state index in [-0.39, 0.29) is 5.56 Å². The van der Waals surface area contributed by atoms with E-state index in [1.165, 1.54) is 17.5 Å². The maximum Gasteiger partial charge on any atom is 0.416 e. The number of rotatable bonds is 3. The van der Waals surface area contributed by atoms with E-state index in [4.69, 9.17) is 0 Å². The van der Waals surface area contributed by atoms with Crippen LogP contribution in [0.4, 0.5) is 13.2 Å². The number of thiazole rings is 1. The second-order valence-corrected chi connectivity index (χ2v) is 5.04. The monoisotopic (exact) mass is 287 g/mol. The highest BCUT2D eigenvalue weighted by molar-refractivity contribution is 7.09. The van der Waals surface area contributed by atoms with Gasteiger partial charge in [0.2, 0.25) is 0 Å². The number of hydrogen-bond donors (Lipinski definition) is 1. The third kappa shape index (κ3) is 2.93. The minimum atomic E-state index is -4.40. The Hall–Kier alpha value is -1.47. The molecule has 2 heterocycles. The van der Waals surface area contributed by atoms with Gasteiger partial charge in [-0.2, -0.15) is 13.2 Å². The molecule has 102 valence electrons. The van der Waals surface area contributed by atoms with Gasteiger partial charge in [-0.1, -0.05) is 0 Å². The molecule has 0 aliphatic heterocycles. The number of alkyl halides is 3. The molecule has 0 aliphatic rings. The molecule has 1 N–H and O–H groups in total. The minimum Gasteiger partial charge on any atom is -0.308 e. The largest absolute Gasteiger partial charge is 0.416 e. The molecule has 1 atom stereocenters. The first kappa shape index (κ1) is 14.0. The smallest absolute Gasteiger partial charge is 0.308 e. The number of halogens is 3. The summed E-state index contributed by atoms with van der Waals surface area (Å²) in [5.41, 5.74) is -0.0289. The highest BCUT2D eigenvalue weighted by Crippen LogP contribution is 2.35. The summed E-state index contributed by atoms with van der Waals surface area (Å²) in [4.78, 5) is 8.04. The average molecular weight is 287 g/mol. The Kier molecular flexibility index (Phi) is 3.86. The number of nitrogens with one attached hydrogen (secondary N) is 1. The van der Waals surface area contributed by atoms with E-state index in [0.717, 1.165) is 17.3 Å². The van der Waals surface area contributed by atoms with Crippen molar-refractivity contribution in [2.45, 2.75) is 19.1 Å². The molecule has 0 saturated heterocycles. The number of aromatic nitrogens is 2. The van der Waals surface area contributed by atoms with Crippen molar-refractivity contribution in [1.29, 1.82) is 0 Å². The molecular formula is C12H12F3N3S. The molecule has 2 aromatic rings. The molecule has 1 unspecified atom stereocenters. The molecule has 0 spiro atoms. The summed E-state index contributed by atoms with van der Waals surface area (Å²) in [5, 5.41) is 5.43. The van der Waals surface area contributed by atoms with E-state index in [0.29, 0.717) is 5.69 Å². The van der Waals surface area contributed by atoms with Crippen LogP contribution in [0.1, 0.15) is 27.9 Å². The van der Waals surface area contributed by atoms with Crippen molar-refractivity contribution in [3.8, 4) is 0 Å². The first-order valence-corrected chi connectivity index (χ1v) is 6.42. The number of hydrogen-bond acceptors (Lipinski definition) is 4. The SMILES string of the molecule is CNC(c1csc(C)n1)c1cnccc1C(F)(F)F. The molecule has 0 amide bonds. The van der Waals surface area contributed by atoms with E-state index in [9.17, 15) is 13.2 Å². The van der Waals surface area contributed by atoms with Crippen LogP contribution in [0.3, 0.4) is 0 Å². The van der Waals surface area contributed by atoms with Crippen LogP contribution in [0.25, 0.3) is 0 Å². The van der Waals surface area contributed by atoms with E-state index in [2.05, 4.69) is 15.3 Å². The summed E-state index contributed by atoms with van der Waals surface area (Å²) < 4.78 is 39.0. The molecule has 0 bridgehead atoms. The van der Waals surface area contributed by atoms with Crippen LogP contribution in [0.5, 0.6) is 0 Å². The summed E-state index contributed by atoms with van der Waals surface area (Å²) in [7, 11) is 1.60. The number of aryl methyl sites for hydroxylation is 1. The van der Waals surface area contributed by atoms with Crippen LogP contribution in [-0.2, 0) is 6.18 Å². The van der Waals surface area contributed by atoms with Gasteiger partial charge in [-0.3, -0.25) is 4.98 Å². The Balaban J connectivity index is 2.50. The first-order valence-electron chi connectivity index (χ1n) is 5.54. The molecule has 0 saturated carbocycles. The van der Waals surface area contributed by atoms with Gasteiger partial charge in [0.15, 0.2) is 0 Å². The fourth-order valence-corrected chi connectivity index (χ4v) is 2.51. The van der Waals surface area contributed by atoms with E-state index >= 15 is 0 Å². The van der Waals surface area contributed by atoms with Gasteiger partial charge in [-0.25, -0.2) is 4.98 Å². The van der Waals surface area contributed by atoms with E-state index < -0.39 is 17.8 Å². The summed E-state index contributed by atoms with van der Waals surface area (Å²) in [6.07, 6.45) is -2.03. The predicted octanol–water partition coefficient (Wildman–Crippen LogP) is 3.17. The Morgan fingerprint density at radius 2 is 2.11 bits per heavy atom. The van der Waals surface area contributed by atoms with Crippen LogP contribution in [-0.4, -0.2) is 17.0 Å². The van der Waals surface area contributed by atoms with Crippen LogP contribution >= 0.6 is 11.3 Å². The molecule has 2 rings (SSSR count). The Labute approximate surface area is 112 Å². The minimum absolute atomic E-state index is 0.0859. The summed E-state index contributed by atoms with van der Waals surface area (Å²) in [6.45, 7) is 1.81. The van der Waals surface area contributed by atoms with Crippen LogP contribution < -0.4 is 5.32 Å². The van der Waals surface area contributed by atoms with Gasteiger partial charge >= 0.3 is 6.18 Å². The molecule has 0 aromatic carbocycles. The van der Waals surface area contributed by atoms with Crippen molar-refractivity contribution in [2.75, 3.05) is 7.05 Å². The lowest BCUT2D eigenvalue weighted by molar-refractivity contribution is -0.138. The van der Waals surface area contributed by atoms with Crippen molar-refractivity contribution < 1.29 is 13.2 Å². The quantitative estimate of drug-likeness (QED) is 0.942. The highest BCUT2D eigenvalue weighted by Gasteiger charge is 2.35. The van der Waals surface area contributed by atoms with Crippen molar-refractivity contribution in [3.63, 3.8) is 0 Å². The molecule has 7 heteroatoms. The topological polar surface area (TPSA) is 37.8 Å². The van der Waals surface area contributed by atoms with E-state index in [1.807, 2.05) is 6.92 Å². The van der Waals surface area contributed by atoms with Gasteiger partial charge in [0.05, 0.1) is 22.3 Å². The lowest BCUT2D eigenvalue weighted by Gasteiger charge is -2.19. The third-order valence-corrected chi connectivity index (χ3v) is 3.48. The first-order chi connectivity index (χ1) is 8.93. The lowest BCUT2D eigenvalue weighted by atomic mass is 10.0. The normalized spacial score (nSPS) is 13.5. The van der Waals surface area contributed by atoms with Crippen molar-refractivity contribution in [2.24, 2.45) is 0 Å². The summed E-state index contributed by atoms with van der Waals surface area (Å²) in [6, 6.07) is 0.370. The fraction of sp³-hybridized carbons (Fsp3) is 0.333. The molecule has 3 nitrogen and oxygen atoms in total. The van der Waals surface area contributed by atoms with Crippen LogP contribution in [0, 0.1) is 6.92 Å². The van der Waals surface area contributed by atoms with Gasteiger partial charge in [0.1, 0.15) is 0 Å². The number of nitrogens with zero attached hydrogens (tertiary/aromatic N) is 2. The molecule has 19 heavy (non-hydrogen) atoms.